The highest BCUT2D eigenvalue weighted by Gasteiger charge is 2.20. The number of primary amides is 1. The van der Waals surface area contributed by atoms with Gasteiger partial charge in [-0.05, 0) is 53.6 Å². The Bertz CT molecular complexity index is 1390. The van der Waals surface area contributed by atoms with Crippen LogP contribution < -0.4 is 5.73 Å². The molecule has 1 aliphatic rings. The Kier molecular flexibility index (Phi) is 5.07. The second-order valence-corrected chi connectivity index (χ2v) is 8.14. The quantitative estimate of drug-likeness (QED) is 0.485. The first-order valence-corrected chi connectivity index (χ1v) is 10.5. The van der Waals surface area contributed by atoms with Crippen molar-refractivity contribution in [2.45, 2.75) is 0 Å². The predicted octanol–water partition coefficient (Wildman–Crippen LogP) is 4.35. The first-order valence-electron chi connectivity index (χ1n) is 10.1. The fourth-order valence-electron chi connectivity index (χ4n) is 4.12. The molecule has 0 saturated carbocycles. The number of aromatic nitrogens is 1. The van der Waals surface area contributed by atoms with Crippen LogP contribution in [-0.4, -0.2) is 48.0 Å². The van der Waals surface area contributed by atoms with Crippen LogP contribution in [-0.2, 0) is 4.74 Å². The van der Waals surface area contributed by atoms with Crippen LogP contribution in [0.1, 0.15) is 20.7 Å². The molecule has 32 heavy (non-hydrogen) atoms. The smallest absolute Gasteiger partial charge is 0.254 e. The SMILES string of the molecule is NC(=O)c1cc(-c2ccc(F)c(Cl)c2)cc2c1[nH]c1ccc(C(=O)N3CCOCC3)cc12. The normalized spacial score (nSPS) is 14.2. The minimum absolute atomic E-state index is 0.0134. The number of fused-ring (bicyclic) bond motifs is 3. The number of carbonyl (C=O) groups excluding carboxylic acids is 2. The number of nitrogens with zero attached hydrogens (tertiary/aromatic N) is 1. The molecule has 0 spiro atoms. The summed E-state index contributed by atoms with van der Waals surface area (Å²) in [6.45, 7) is 2.14. The molecular weight excluding hydrogens is 433 g/mol. The second-order valence-electron chi connectivity index (χ2n) is 7.73. The molecule has 1 fully saturated rings. The number of amides is 2. The summed E-state index contributed by atoms with van der Waals surface area (Å²) in [4.78, 5) is 30.2. The van der Waals surface area contributed by atoms with E-state index in [9.17, 15) is 14.0 Å². The van der Waals surface area contributed by atoms with E-state index >= 15 is 0 Å². The number of hydrogen-bond acceptors (Lipinski definition) is 3. The van der Waals surface area contributed by atoms with Gasteiger partial charge in [0.05, 0.1) is 29.3 Å². The first-order chi connectivity index (χ1) is 15.4. The number of nitrogens with two attached hydrogens (primary N) is 1. The van der Waals surface area contributed by atoms with Gasteiger partial charge in [-0.3, -0.25) is 9.59 Å². The van der Waals surface area contributed by atoms with Gasteiger partial charge in [-0.2, -0.15) is 0 Å². The molecule has 3 aromatic carbocycles. The van der Waals surface area contributed by atoms with E-state index < -0.39 is 11.7 Å². The van der Waals surface area contributed by atoms with Crippen molar-refractivity contribution in [1.29, 1.82) is 0 Å². The molecule has 0 radical (unpaired) electrons. The van der Waals surface area contributed by atoms with Gasteiger partial charge in [0, 0.05) is 34.9 Å². The number of benzene rings is 3. The van der Waals surface area contributed by atoms with Gasteiger partial charge >= 0.3 is 0 Å². The average molecular weight is 452 g/mol. The maximum absolute atomic E-state index is 13.7. The number of aromatic amines is 1. The third-order valence-corrected chi connectivity index (χ3v) is 6.06. The molecule has 162 valence electrons. The van der Waals surface area contributed by atoms with Crippen LogP contribution in [0.2, 0.25) is 5.02 Å². The van der Waals surface area contributed by atoms with Gasteiger partial charge in [0.25, 0.3) is 11.8 Å². The fraction of sp³-hybridized carbons (Fsp3) is 0.167. The van der Waals surface area contributed by atoms with Crippen molar-refractivity contribution in [2.75, 3.05) is 26.3 Å². The van der Waals surface area contributed by atoms with Gasteiger partial charge in [-0.1, -0.05) is 17.7 Å². The van der Waals surface area contributed by atoms with Crippen LogP contribution in [0.3, 0.4) is 0 Å². The van der Waals surface area contributed by atoms with Crippen LogP contribution in [0.5, 0.6) is 0 Å². The zero-order valence-corrected chi connectivity index (χ0v) is 17.7. The highest BCUT2D eigenvalue weighted by atomic mass is 35.5. The second kappa shape index (κ2) is 7.93. The standard InChI is InChI=1S/C24H19ClFN3O3/c25-19-12-13(1-3-20(19)26)15-10-17-16-9-14(24(31)29-5-7-32-8-6-29)2-4-21(16)28-22(17)18(11-15)23(27)30/h1-4,9-12,28H,5-8H2,(H2,27,30). The van der Waals surface area contributed by atoms with Gasteiger partial charge in [-0.25, -0.2) is 4.39 Å². The number of carbonyl (C=O) groups is 2. The Labute approximate surface area is 187 Å². The van der Waals surface area contributed by atoms with E-state index in [4.69, 9.17) is 22.1 Å². The van der Waals surface area contributed by atoms with Crippen LogP contribution >= 0.6 is 11.6 Å². The van der Waals surface area contributed by atoms with Crippen molar-refractivity contribution < 1.29 is 18.7 Å². The minimum Gasteiger partial charge on any atom is -0.378 e. The molecule has 3 N–H and O–H groups in total. The summed E-state index contributed by atoms with van der Waals surface area (Å²) in [5, 5.41) is 1.51. The fourth-order valence-corrected chi connectivity index (χ4v) is 4.30. The van der Waals surface area contributed by atoms with Crippen molar-refractivity contribution in [1.82, 2.24) is 9.88 Å². The first kappa shape index (κ1) is 20.5. The van der Waals surface area contributed by atoms with E-state index in [-0.39, 0.29) is 10.9 Å². The summed E-state index contributed by atoms with van der Waals surface area (Å²) in [5.74, 6) is -1.19. The third kappa shape index (κ3) is 3.49. The molecule has 5 rings (SSSR count). The third-order valence-electron chi connectivity index (χ3n) is 5.77. The lowest BCUT2D eigenvalue weighted by Crippen LogP contribution is -2.40. The van der Waals surface area contributed by atoms with E-state index in [1.54, 1.807) is 23.1 Å². The lowest BCUT2D eigenvalue weighted by molar-refractivity contribution is 0.0303. The number of nitrogens with one attached hydrogen (secondary N) is 1. The Morgan fingerprint density at radius 1 is 1.00 bits per heavy atom. The van der Waals surface area contributed by atoms with Gasteiger partial charge in [-0.15, -0.1) is 0 Å². The summed E-state index contributed by atoms with van der Waals surface area (Å²) in [7, 11) is 0. The number of rotatable bonds is 3. The van der Waals surface area contributed by atoms with Crippen molar-refractivity contribution in [3.8, 4) is 11.1 Å². The van der Waals surface area contributed by atoms with Crippen molar-refractivity contribution in [3.05, 3.63) is 70.5 Å². The zero-order valence-electron chi connectivity index (χ0n) is 17.0. The molecule has 1 aliphatic heterocycles. The molecule has 6 nitrogen and oxygen atoms in total. The lowest BCUT2D eigenvalue weighted by atomic mass is 9.98. The summed E-state index contributed by atoms with van der Waals surface area (Å²) >= 11 is 5.96. The van der Waals surface area contributed by atoms with Crippen molar-refractivity contribution >= 4 is 45.2 Å². The summed E-state index contributed by atoms with van der Waals surface area (Å²) in [6.07, 6.45) is 0. The largest absolute Gasteiger partial charge is 0.378 e. The van der Waals surface area contributed by atoms with E-state index in [0.29, 0.717) is 54.1 Å². The monoisotopic (exact) mass is 451 g/mol. The molecule has 0 bridgehead atoms. The Morgan fingerprint density at radius 2 is 1.78 bits per heavy atom. The number of H-pyrrole nitrogens is 1. The van der Waals surface area contributed by atoms with Crippen LogP contribution in [0, 0.1) is 5.82 Å². The number of morpholine rings is 1. The summed E-state index contributed by atoms with van der Waals surface area (Å²) in [5.41, 5.74) is 9.19. The summed E-state index contributed by atoms with van der Waals surface area (Å²) < 4.78 is 19.0. The highest BCUT2D eigenvalue weighted by Crippen LogP contribution is 2.34. The molecular formula is C24H19ClFN3O3. The topological polar surface area (TPSA) is 88.4 Å². The molecule has 0 atom stereocenters. The van der Waals surface area contributed by atoms with Gasteiger partial charge in [0.15, 0.2) is 0 Å². The van der Waals surface area contributed by atoms with Gasteiger partial charge < -0.3 is 20.4 Å². The number of halogens is 2. The Balaban J connectivity index is 1.69. The van der Waals surface area contributed by atoms with Crippen molar-refractivity contribution in [3.63, 3.8) is 0 Å². The lowest BCUT2D eigenvalue weighted by Gasteiger charge is -2.26. The molecule has 1 aromatic heterocycles. The molecule has 0 aliphatic carbocycles. The van der Waals surface area contributed by atoms with Gasteiger partial charge in [0.1, 0.15) is 5.82 Å². The number of ether oxygens (including phenoxy) is 1. The van der Waals surface area contributed by atoms with Crippen molar-refractivity contribution in [2.24, 2.45) is 5.73 Å². The molecule has 2 heterocycles. The van der Waals surface area contributed by atoms with Crippen LogP contribution in [0.15, 0.2) is 48.5 Å². The average Bonchev–Trinajstić information content (AvgIpc) is 3.18. The maximum Gasteiger partial charge on any atom is 0.254 e. The van der Waals surface area contributed by atoms with E-state index in [2.05, 4.69) is 4.98 Å². The number of hydrogen-bond donors (Lipinski definition) is 2. The maximum atomic E-state index is 13.7. The Hall–Kier alpha value is -3.42. The Morgan fingerprint density at radius 3 is 2.50 bits per heavy atom. The molecule has 4 aromatic rings. The highest BCUT2D eigenvalue weighted by molar-refractivity contribution is 6.31. The van der Waals surface area contributed by atoms with E-state index in [1.807, 2.05) is 18.2 Å². The van der Waals surface area contributed by atoms with E-state index in [0.717, 1.165) is 16.3 Å². The van der Waals surface area contributed by atoms with Gasteiger partial charge in [0.2, 0.25) is 0 Å². The zero-order chi connectivity index (χ0) is 22.4. The predicted molar refractivity (Wildman–Crippen MR) is 121 cm³/mol. The molecule has 2 amide bonds. The molecule has 0 unspecified atom stereocenters. The van der Waals surface area contributed by atoms with Crippen LogP contribution in [0.4, 0.5) is 4.39 Å². The molecule has 1 saturated heterocycles. The molecule has 8 heteroatoms. The van der Waals surface area contributed by atoms with Crippen LogP contribution in [0.25, 0.3) is 32.9 Å². The summed E-state index contributed by atoms with van der Waals surface area (Å²) in [6, 6.07) is 13.3. The van der Waals surface area contributed by atoms with E-state index in [1.165, 1.54) is 12.1 Å². The minimum atomic E-state index is -0.596.